The van der Waals surface area contributed by atoms with Crippen LogP contribution in [0.2, 0.25) is 0 Å². The van der Waals surface area contributed by atoms with Crippen LogP contribution in [0.1, 0.15) is 12.8 Å². The number of carbonyl (C=O) groups excluding carboxylic acids is 1. The highest BCUT2D eigenvalue weighted by Crippen LogP contribution is 2.26. The van der Waals surface area contributed by atoms with E-state index >= 15 is 0 Å². The number of nitrogens with zero attached hydrogens (tertiary/aromatic N) is 1. The number of hydrogen-bond donors (Lipinski definition) is 0. The Kier molecular flexibility index (Phi) is 5.77. The molecule has 1 fully saturated rings. The highest BCUT2D eigenvalue weighted by Gasteiger charge is 2.24. The third kappa shape index (κ3) is 4.66. The minimum Gasteiger partial charge on any atom is -0.493 e. The van der Waals surface area contributed by atoms with Gasteiger partial charge in [-0.15, -0.1) is 0 Å². The molecule has 5 heteroatoms. The molecule has 0 unspecified atom stereocenters. The molecule has 0 aromatic heterocycles. The van der Waals surface area contributed by atoms with E-state index in [-0.39, 0.29) is 18.6 Å². The van der Waals surface area contributed by atoms with Crippen molar-refractivity contribution in [3.63, 3.8) is 0 Å². The van der Waals surface area contributed by atoms with Gasteiger partial charge in [0.05, 0.1) is 7.11 Å². The van der Waals surface area contributed by atoms with Gasteiger partial charge >= 0.3 is 0 Å². The van der Waals surface area contributed by atoms with E-state index in [1.807, 2.05) is 53.4 Å². The molecule has 5 nitrogen and oxygen atoms in total. The lowest BCUT2D eigenvalue weighted by Gasteiger charge is -2.32. The zero-order valence-corrected chi connectivity index (χ0v) is 14.4. The van der Waals surface area contributed by atoms with Crippen molar-refractivity contribution in [3.05, 3.63) is 54.6 Å². The van der Waals surface area contributed by atoms with Gasteiger partial charge in [-0.2, -0.15) is 0 Å². The summed E-state index contributed by atoms with van der Waals surface area (Å²) < 4.78 is 16.8. The summed E-state index contributed by atoms with van der Waals surface area (Å²) in [5, 5.41) is 0. The third-order valence-corrected chi connectivity index (χ3v) is 4.26. The molecule has 2 aromatic rings. The lowest BCUT2D eigenvalue weighted by Crippen LogP contribution is -2.43. The van der Waals surface area contributed by atoms with E-state index in [1.54, 1.807) is 13.2 Å². The first kappa shape index (κ1) is 17.1. The number of para-hydroxylation sites is 3. The van der Waals surface area contributed by atoms with E-state index in [1.165, 1.54) is 0 Å². The van der Waals surface area contributed by atoms with Gasteiger partial charge in [0.1, 0.15) is 11.9 Å². The van der Waals surface area contributed by atoms with Gasteiger partial charge < -0.3 is 19.1 Å². The number of benzene rings is 2. The normalized spacial score (nSPS) is 14.8. The standard InChI is InChI=1S/C20H23NO4/c1-23-18-9-5-6-10-19(18)24-15-20(22)21-13-11-17(12-14-21)25-16-7-3-2-4-8-16/h2-10,17H,11-15H2,1H3. The summed E-state index contributed by atoms with van der Waals surface area (Å²) >= 11 is 0. The summed E-state index contributed by atoms with van der Waals surface area (Å²) in [7, 11) is 1.58. The number of ether oxygens (including phenoxy) is 3. The molecule has 0 N–H and O–H groups in total. The van der Waals surface area contributed by atoms with Gasteiger partial charge in [-0.1, -0.05) is 30.3 Å². The average Bonchev–Trinajstić information content (AvgIpc) is 2.67. The van der Waals surface area contributed by atoms with E-state index in [2.05, 4.69) is 0 Å². The number of rotatable bonds is 6. The van der Waals surface area contributed by atoms with Gasteiger partial charge in [-0.3, -0.25) is 4.79 Å². The number of carbonyl (C=O) groups is 1. The minimum absolute atomic E-state index is 0.0101. The Morgan fingerprint density at radius 2 is 1.64 bits per heavy atom. The smallest absolute Gasteiger partial charge is 0.260 e. The zero-order valence-electron chi connectivity index (χ0n) is 14.4. The van der Waals surface area contributed by atoms with E-state index in [4.69, 9.17) is 14.2 Å². The van der Waals surface area contributed by atoms with E-state index in [9.17, 15) is 4.79 Å². The number of amides is 1. The fourth-order valence-electron chi connectivity index (χ4n) is 2.88. The Morgan fingerprint density at radius 3 is 2.32 bits per heavy atom. The topological polar surface area (TPSA) is 48.0 Å². The molecular formula is C20H23NO4. The summed E-state index contributed by atoms with van der Waals surface area (Å²) in [5.41, 5.74) is 0. The number of likely N-dealkylation sites (tertiary alicyclic amines) is 1. The van der Waals surface area contributed by atoms with Crippen molar-refractivity contribution < 1.29 is 19.0 Å². The quantitative estimate of drug-likeness (QED) is 0.810. The fourth-order valence-corrected chi connectivity index (χ4v) is 2.88. The highest BCUT2D eigenvalue weighted by molar-refractivity contribution is 5.78. The molecule has 1 amide bonds. The molecule has 3 rings (SSSR count). The average molecular weight is 341 g/mol. The minimum atomic E-state index is -0.0101. The van der Waals surface area contributed by atoms with Gasteiger partial charge in [0.25, 0.3) is 5.91 Å². The van der Waals surface area contributed by atoms with Crippen LogP contribution >= 0.6 is 0 Å². The third-order valence-electron chi connectivity index (χ3n) is 4.26. The van der Waals surface area contributed by atoms with Crippen LogP contribution in [0.4, 0.5) is 0 Å². The lowest BCUT2D eigenvalue weighted by atomic mass is 10.1. The van der Waals surface area contributed by atoms with Crippen LogP contribution in [0.3, 0.4) is 0 Å². The largest absolute Gasteiger partial charge is 0.493 e. The second kappa shape index (κ2) is 8.42. The molecule has 25 heavy (non-hydrogen) atoms. The molecule has 0 radical (unpaired) electrons. The predicted octanol–water partition coefficient (Wildman–Crippen LogP) is 3.14. The van der Waals surface area contributed by atoms with E-state index in [0.717, 1.165) is 18.6 Å². The summed E-state index contributed by atoms with van der Waals surface area (Å²) in [6, 6.07) is 17.1. The van der Waals surface area contributed by atoms with Crippen molar-refractivity contribution >= 4 is 5.91 Å². The summed E-state index contributed by atoms with van der Waals surface area (Å²) in [6.07, 6.45) is 1.81. The molecule has 0 atom stereocenters. The summed E-state index contributed by atoms with van der Waals surface area (Å²) in [6.45, 7) is 1.39. The van der Waals surface area contributed by atoms with Crippen LogP contribution < -0.4 is 14.2 Å². The maximum atomic E-state index is 12.4. The van der Waals surface area contributed by atoms with Crippen molar-refractivity contribution in [3.8, 4) is 17.2 Å². The zero-order chi connectivity index (χ0) is 17.5. The molecule has 1 saturated heterocycles. The maximum absolute atomic E-state index is 12.4. The molecule has 1 aliphatic rings. The molecule has 1 aliphatic heterocycles. The first-order valence-corrected chi connectivity index (χ1v) is 8.51. The molecule has 0 bridgehead atoms. The molecule has 132 valence electrons. The Morgan fingerprint density at radius 1 is 1.00 bits per heavy atom. The molecule has 2 aromatic carbocycles. The van der Waals surface area contributed by atoms with E-state index in [0.29, 0.717) is 24.6 Å². The lowest BCUT2D eigenvalue weighted by molar-refractivity contribution is -0.135. The molecule has 1 heterocycles. The highest BCUT2D eigenvalue weighted by atomic mass is 16.5. The fraction of sp³-hybridized carbons (Fsp3) is 0.350. The molecule has 0 spiro atoms. The van der Waals surface area contributed by atoms with Crippen molar-refractivity contribution in [1.82, 2.24) is 4.90 Å². The first-order chi connectivity index (χ1) is 12.3. The molecule has 0 aliphatic carbocycles. The Bertz CT molecular complexity index is 681. The second-order valence-corrected chi connectivity index (χ2v) is 5.95. The second-order valence-electron chi connectivity index (χ2n) is 5.95. The predicted molar refractivity (Wildman–Crippen MR) is 95.2 cm³/mol. The van der Waals surface area contributed by atoms with E-state index < -0.39 is 0 Å². The van der Waals surface area contributed by atoms with Gasteiger partial charge in [-0.25, -0.2) is 0 Å². The van der Waals surface area contributed by atoms with Crippen LogP contribution in [0, 0.1) is 0 Å². The van der Waals surface area contributed by atoms with Gasteiger partial charge in [-0.05, 0) is 24.3 Å². The van der Waals surface area contributed by atoms with Crippen LogP contribution in [-0.2, 0) is 4.79 Å². The van der Waals surface area contributed by atoms with Crippen molar-refractivity contribution in [1.29, 1.82) is 0 Å². The van der Waals surface area contributed by atoms with Crippen LogP contribution in [0.15, 0.2) is 54.6 Å². The number of hydrogen-bond acceptors (Lipinski definition) is 4. The van der Waals surface area contributed by atoms with Crippen molar-refractivity contribution in [2.45, 2.75) is 18.9 Å². The Labute approximate surface area is 148 Å². The van der Waals surface area contributed by atoms with Gasteiger partial charge in [0.15, 0.2) is 18.1 Å². The SMILES string of the molecule is COc1ccccc1OCC(=O)N1CCC(Oc2ccccc2)CC1. The summed E-state index contributed by atoms with van der Waals surface area (Å²) in [5.74, 6) is 2.08. The Balaban J connectivity index is 1.45. The van der Waals surface area contributed by atoms with Gasteiger partial charge in [0.2, 0.25) is 0 Å². The number of methoxy groups -OCH3 is 1. The summed E-state index contributed by atoms with van der Waals surface area (Å²) in [4.78, 5) is 14.2. The molecular weight excluding hydrogens is 318 g/mol. The number of piperidine rings is 1. The van der Waals surface area contributed by atoms with Gasteiger partial charge in [0, 0.05) is 25.9 Å². The van der Waals surface area contributed by atoms with Crippen LogP contribution in [-0.4, -0.2) is 43.7 Å². The monoisotopic (exact) mass is 341 g/mol. The van der Waals surface area contributed by atoms with Crippen LogP contribution in [0.5, 0.6) is 17.2 Å². The van der Waals surface area contributed by atoms with Crippen LogP contribution in [0.25, 0.3) is 0 Å². The molecule has 0 saturated carbocycles. The van der Waals surface area contributed by atoms with Crippen molar-refractivity contribution in [2.75, 3.05) is 26.8 Å². The van der Waals surface area contributed by atoms with Crippen molar-refractivity contribution in [2.24, 2.45) is 0 Å². The Hall–Kier alpha value is -2.69. The maximum Gasteiger partial charge on any atom is 0.260 e. The first-order valence-electron chi connectivity index (χ1n) is 8.51.